The lowest BCUT2D eigenvalue weighted by Crippen LogP contribution is -2.59. The molecule has 0 aromatic heterocycles. The normalized spacial score (nSPS) is 43.6. The summed E-state index contributed by atoms with van der Waals surface area (Å²) in [6, 6.07) is 0. The van der Waals surface area contributed by atoms with Gasteiger partial charge in [-0.05, 0) is 97.7 Å². The number of rotatable bonds is 7. The molecule has 0 bridgehead atoms. The second-order valence-electron chi connectivity index (χ2n) is 13.9. The topological polar surface area (TPSA) is 52.6 Å². The van der Waals surface area contributed by atoms with Crippen molar-refractivity contribution in [3.63, 3.8) is 0 Å². The van der Waals surface area contributed by atoms with Crippen LogP contribution in [0, 0.1) is 52.3 Å². The predicted octanol–water partition coefficient (Wildman–Crippen LogP) is 7.58. The highest BCUT2D eigenvalue weighted by molar-refractivity contribution is 5.66. The SMILES string of the molecule is CC(=O)O[C@H]1CC[C@]2(C)[C@@H]3CC[C@@]4(C)[C@H](CC[C@H]4[C@@H](C)CCCC(C)C)[C@H]3C[C@H](OC(C)=O)[C@H]2C1. The molecule has 0 N–H and O–H groups in total. The fourth-order valence-electron chi connectivity index (χ4n) is 9.94. The lowest BCUT2D eigenvalue weighted by Gasteiger charge is -2.62. The van der Waals surface area contributed by atoms with E-state index in [2.05, 4.69) is 34.6 Å². The fourth-order valence-corrected chi connectivity index (χ4v) is 9.94. The minimum Gasteiger partial charge on any atom is -0.463 e. The van der Waals surface area contributed by atoms with Crippen molar-refractivity contribution in [3.05, 3.63) is 0 Å². The molecule has 0 unspecified atom stereocenters. The van der Waals surface area contributed by atoms with Gasteiger partial charge in [-0.2, -0.15) is 0 Å². The summed E-state index contributed by atoms with van der Waals surface area (Å²) in [4.78, 5) is 23.9. The molecule has 4 heteroatoms. The van der Waals surface area contributed by atoms with Gasteiger partial charge in [-0.3, -0.25) is 9.59 Å². The number of esters is 2. The van der Waals surface area contributed by atoms with Gasteiger partial charge < -0.3 is 9.47 Å². The van der Waals surface area contributed by atoms with Crippen molar-refractivity contribution in [1.82, 2.24) is 0 Å². The Morgan fingerprint density at radius 2 is 1.46 bits per heavy atom. The Hall–Kier alpha value is -1.06. The van der Waals surface area contributed by atoms with E-state index in [1.165, 1.54) is 51.9 Å². The molecule has 0 aromatic carbocycles. The second-order valence-corrected chi connectivity index (χ2v) is 13.9. The molecule has 4 aliphatic rings. The monoisotopic (exact) mass is 488 g/mol. The van der Waals surface area contributed by atoms with Crippen LogP contribution in [-0.2, 0) is 19.1 Å². The lowest BCUT2D eigenvalue weighted by atomic mass is 9.43. The number of fused-ring (bicyclic) bond motifs is 5. The molecule has 4 nitrogen and oxygen atoms in total. The predicted molar refractivity (Wildman–Crippen MR) is 140 cm³/mol. The fraction of sp³-hybridized carbons (Fsp3) is 0.935. The number of hydrogen-bond donors (Lipinski definition) is 0. The molecule has 4 fully saturated rings. The van der Waals surface area contributed by atoms with E-state index < -0.39 is 0 Å². The van der Waals surface area contributed by atoms with E-state index in [4.69, 9.17) is 9.47 Å². The van der Waals surface area contributed by atoms with E-state index in [0.717, 1.165) is 49.4 Å². The number of carbonyl (C=O) groups excluding carboxylic acids is 2. The maximum atomic E-state index is 12.2. The van der Waals surface area contributed by atoms with E-state index in [0.29, 0.717) is 23.2 Å². The lowest BCUT2D eigenvalue weighted by molar-refractivity contribution is -0.197. The van der Waals surface area contributed by atoms with Crippen LogP contribution in [0.4, 0.5) is 0 Å². The number of hydrogen-bond acceptors (Lipinski definition) is 4. The Balaban J connectivity index is 1.54. The van der Waals surface area contributed by atoms with E-state index in [9.17, 15) is 9.59 Å². The third-order valence-electron chi connectivity index (χ3n) is 11.5. The average molecular weight is 489 g/mol. The van der Waals surface area contributed by atoms with Crippen LogP contribution in [0.3, 0.4) is 0 Å². The van der Waals surface area contributed by atoms with E-state index in [1.807, 2.05) is 0 Å². The molecule has 0 aromatic rings. The molecule has 0 spiro atoms. The van der Waals surface area contributed by atoms with Gasteiger partial charge in [-0.15, -0.1) is 0 Å². The zero-order chi connectivity index (χ0) is 25.5. The van der Waals surface area contributed by atoms with Crippen molar-refractivity contribution in [1.29, 1.82) is 0 Å². The molecule has 0 amide bonds. The minimum atomic E-state index is -0.190. The van der Waals surface area contributed by atoms with Crippen LogP contribution in [-0.4, -0.2) is 24.1 Å². The first-order valence-electron chi connectivity index (χ1n) is 14.8. The van der Waals surface area contributed by atoms with Gasteiger partial charge in [-0.1, -0.05) is 53.9 Å². The van der Waals surface area contributed by atoms with Gasteiger partial charge in [0.15, 0.2) is 0 Å². The minimum absolute atomic E-state index is 0.0309. The van der Waals surface area contributed by atoms with Crippen LogP contribution in [0.1, 0.15) is 119 Å². The Labute approximate surface area is 214 Å². The Kier molecular flexibility index (Phi) is 7.99. The summed E-state index contributed by atoms with van der Waals surface area (Å²) in [5, 5.41) is 0. The highest BCUT2D eigenvalue weighted by Gasteiger charge is 2.63. The summed E-state index contributed by atoms with van der Waals surface area (Å²) >= 11 is 0. The van der Waals surface area contributed by atoms with Gasteiger partial charge in [0.2, 0.25) is 0 Å². The standard InChI is InChI=1S/C31H52O4/c1-19(2)9-8-10-20(3)25-11-12-26-24-18-29(35-22(5)33)28-17-23(34-21(4)32)13-15-31(28,7)27(24)14-16-30(25,26)6/h19-20,23-29H,8-18H2,1-7H3/t20-,23-,24+,25-,26+,27+,28+,29-,30+,31+/m0/s1. The van der Waals surface area contributed by atoms with Crippen molar-refractivity contribution in [2.45, 2.75) is 131 Å². The molecule has 4 saturated carbocycles. The van der Waals surface area contributed by atoms with Gasteiger partial charge >= 0.3 is 11.9 Å². The molecule has 35 heavy (non-hydrogen) atoms. The van der Waals surface area contributed by atoms with Gasteiger partial charge in [0.25, 0.3) is 0 Å². The molecule has 10 atom stereocenters. The average Bonchev–Trinajstić information content (AvgIpc) is 3.11. The third kappa shape index (κ3) is 5.19. The molecule has 0 heterocycles. The smallest absolute Gasteiger partial charge is 0.302 e. The molecular formula is C31H52O4. The van der Waals surface area contributed by atoms with Crippen LogP contribution in [0.5, 0.6) is 0 Å². The molecule has 0 saturated heterocycles. The Bertz CT molecular complexity index is 776. The van der Waals surface area contributed by atoms with Crippen LogP contribution >= 0.6 is 0 Å². The van der Waals surface area contributed by atoms with Gasteiger partial charge in [0, 0.05) is 19.8 Å². The van der Waals surface area contributed by atoms with E-state index in [1.54, 1.807) is 6.92 Å². The Morgan fingerprint density at radius 1 is 0.800 bits per heavy atom. The Morgan fingerprint density at radius 3 is 2.11 bits per heavy atom. The number of ether oxygens (including phenoxy) is 2. The maximum Gasteiger partial charge on any atom is 0.302 e. The summed E-state index contributed by atoms with van der Waals surface area (Å²) in [6.45, 7) is 15.4. The molecule has 4 aliphatic carbocycles. The summed E-state index contributed by atoms with van der Waals surface area (Å²) < 4.78 is 11.7. The van der Waals surface area contributed by atoms with E-state index in [-0.39, 0.29) is 29.6 Å². The zero-order valence-electron chi connectivity index (χ0n) is 23.6. The first-order chi connectivity index (χ1) is 16.5. The third-order valence-corrected chi connectivity index (χ3v) is 11.5. The van der Waals surface area contributed by atoms with Gasteiger partial charge in [0.05, 0.1) is 0 Å². The van der Waals surface area contributed by atoms with Crippen molar-refractivity contribution in [2.24, 2.45) is 52.3 Å². The van der Waals surface area contributed by atoms with Crippen LogP contribution in [0.2, 0.25) is 0 Å². The first kappa shape index (κ1) is 27.0. The summed E-state index contributed by atoms with van der Waals surface area (Å²) in [5.41, 5.74) is 0.597. The van der Waals surface area contributed by atoms with Crippen molar-refractivity contribution in [2.75, 3.05) is 0 Å². The van der Waals surface area contributed by atoms with Crippen LogP contribution in [0.25, 0.3) is 0 Å². The largest absolute Gasteiger partial charge is 0.463 e. The summed E-state index contributed by atoms with van der Waals surface area (Å²) in [5.74, 6) is 4.48. The molecule has 0 aliphatic heterocycles. The van der Waals surface area contributed by atoms with Gasteiger partial charge in [0.1, 0.15) is 12.2 Å². The molecule has 0 radical (unpaired) electrons. The summed E-state index contributed by atoms with van der Waals surface area (Å²) in [7, 11) is 0. The first-order valence-corrected chi connectivity index (χ1v) is 14.8. The van der Waals surface area contributed by atoms with Crippen LogP contribution in [0.15, 0.2) is 0 Å². The molecular weight excluding hydrogens is 436 g/mol. The summed E-state index contributed by atoms with van der Waals surface area (Å²) in [6.07, 6.45) is 13.3. The highest BCUT2D eigenvalue weighted by atomic mass is 16.5. The number of carbonyl (C=O) groups is 2. The van der Waals surface area contributed by atoms with E-state index >= 15 is 0 Å². The van der Waals surface area contributed by atoms with Gasteiger partial charge in [-0.25, -0.2) is 0 Å². The molecule has 4 rings (SSSR count). The van der Waals surface area contributed by atoms with Crippen molar-refractivity contribution < 1.29 is 19.1 Å². The molecule has 200 valence electrons. The van der Waals surface area contributed by atoms with Crippen molar-refractivity contribution >= 4 is 11.9 Å². The second kappa shape index (κ2) is 10.4. The highest BCUT2D eigenvalue weighted by Crippen LogP contribution is 2.68. The quantitative estimate of drug-likeness (QED) is 0.347. The zero-order valence-corrected chi connectivity index (χ0v) is 23.6. The van der Waals surface area contributed by atoms with Crippen molar-refractivity contribution in [3.8, 4) is 0 Å². The maximum absolute atomic E-state index is 12.2. The van der Waals surface area contributed by atoms with Crippen LogP contribution < -0.4 is 0 Å².